The van der Waals surface area contributed by atoms with Crippen LogP contribution in [-0.2, 0) is 0 Å². The Morgan fingerprint density at radius 2 is 2.12 bits per heavy atom. The van der Waals surface area contributed by atoms with Crippen LogP contribution in [0.4, 0.5) is 0 Å². The monoisotopic (exact) mass is 233 g/mol. The van der Waals surface area contributed by atoms with E-state index in [1.165, 1.54) is 5.56 Å². The Balaban J connectivity index is 2.33. The minimum absolute atomic E-state index is 0.969. The Hall–Kier alpha value is -1.29. The van der Waals surface area contributed by atoms with E-state index in [1.54, 1.807) is 18.1 Å². The average Bonchev–Trinajstić information content (AvgIpc) is 2.75. The van der Waals surface area contributed by atoms with E-state index >= 15 is 0 Å². The summed E-state index contributed by atoms with van der Waals surface area (Å²) in [5.41, 5.74) is 2.40. The third-order valence-corrected chi connectivity index (χ3v) is 3.48. The van der Waals surface area contributed by atoms with Crippen LogP contribution < -0.4 is 0 Å². The fraction of sp³-hybridized carbons (Fsp3) is 0.333. The highest BCUT2D eigenvalue weighted by atomic mass is 32.2. The summed E-state index contributed by atoms with van der Waals surface area (Å²) in [5.74, 6) is 1.07. The standard InChI is InChI=1S/C12H15N3S/c1-3-8-16-12-14-13-9-15(12)11-7-5-4-6-10(11)2/h4-7,9H,3,8H2,1-2H3. The van der Waals surface area contributed by atoms with E-state index in [2.05, 4.69) is 40.7 Å². The zero-order chi connectivity index (χ0) is 11.4. The molecule has 0 aliphatic carbocycles. The zero-order valence-corrected chi connectivity index (χ0v) is 10.4. The van der Waals surface area contributed by atoms with Crippen molar-refractivity contribution in [3.8, 4) is 5.69 Å². The molecule has 0 saturated carbocycles. The zero-order valence-electron chi connectivity index (χ0n) is 9.55. The van der Waals surface area contributed by atoms with Gasteiger partial charge in [0.15, 0.2) is 5.16 Å². The first-order valence-corrected chi connectivity index (χ1v) is 6.40. The predicted octanol–water partition coefficient (Wildman–Crippen LogP) is 3.08. The number of aromatic nitrogens is 3. The number of rotatable bonds is 4. The van der Waals surface area contributed by atoms with Crippen molar-refractivity contribution < 1.29 is 0 Å². The van der Waals surface area contributed by atoms with Gasteiger partial charge in [0.25, 0.3) is 0 Å². The molecule has 1 aromatic carbocycles. The van der Waals surface area contributed by atoms with Crippen LogP contribution in [0.15, 0.2) is 35.7 Å². The van der Waals surface area contributed by atoms with Crippen molar-refractivity contribution in [2.45, 2.75) is 25.4 Å². The second-order valence-corrected chi connectivity index (χ2v) is 4.68. The van der Waals surface area contributed by atoms with Crippen molar-refractivity contribution in [2.24, 2.45) is 0 Å². The number of nitrogens with zero attached hydrogens (tertiary/aromatic N) is 3. The normalized spacial score (nSPS) is 10.6. The van der Waals surface area contributed by atoms with Crippen LogP contribution in [0.1, 0.15) is 18.9 Å². The van der Waals surface area contributed by atoms with Crippen LogP contribution in [0.3, 0.4) is 0 Å². The maximum Gasteiger partial charge on any atom is 0.195 e. The quantitative estimate of drug-likeness (QED) is 0.760. The average molecular weight is 233 g/mol. The Kier molecular flexibility index (Phi) is 3.62. The largest absolute Gasteiger partial charge is 0.276 e. The molecule has 4 heteroatoms. The molecule has 0 aliphatic heterocycles. The van der Waals surface area contributed by atoms with E-state index in [0.717, 1.165) is 23.0 Å². The van der Waals surface area contributed by atoms with Gasteiger partial charge in [-0.25, -0.2) is 0 Å². The van der Waals surface area contributed by atoms with Crippen molar-refractivity contribution in [1.29, 1.82) is 0 Å². The molecule has 2 aromatic rings. The van der Waals surface area contributed by atoms with Crippen molar-refractivity contribution in [1.82, 2.24) is 14.8 Å². The maximum atomic E-state index is 4.15. The summed E-state index contributed by atoms with van der Waals surface area (Å²) in [4.78, 5) is 0. The van der Waals surface area contributed by atoms with Crippen LogP contribution >= 0.6 is 11.8 Å². The lowest BCUT2D eigenvalue weighted by Gasteiger charge is -2.08. The van der Waals surface area contributed by atoms with E-state index in [-0.39, 0.29) is 0 Å². The van der Waals surface area contributed by atoms with Gasteiger partial charge in [-0.05, 0) is 25.0 Å². The van der Waals surface area contributed by atoms with Crippen LogP contribution in [0.2, 0.25) is 0 Å². The molecule has 0 N–H and O–H groups in total. The molecule has 0 amide bonds. The molecular formula is C12H15N3S. The minimum atomic E-state index is 0.969. The number of aryl methyl sites for hydroxylation is 1. The Morgan fingerprint density at radius 1 is 1.31 bits per heavy atom. The highest BCUT2D eigenvalue weighted by Crippen LogP contribution is 2.21. The van der Waals surface area contributed by atoms with E-state index in [1.807, 2.05) is 12.1 Å². The van der Waals surface area contributed by atoms with Crippen LogP contribution in [0, 0.1) is 6.92 Å². The molecule has 2 rings (SSSR count). The first kappa shape index (κ1) is 11.2. The lowest BCUT2D eigenvalue weighted by molar-refractivity contribution is 0.876. The van der Waals surface area contributed by atoms with E-state index in [0.29, 0.717) is 0 Å². The number of hydrogen-bond acceptors (Lipinski definition) is 3. The van der Waals surface area contributed by atoms with Gasteiger partial charge < -0.3 is 0 Å². The van der Waals surface area contributed by atoms with Gasteiger partial charge in [-0.15, -0.1) is 10.2 Å². The van der Waals surface area contributed by atoms with Gasteiger partial charge in [0, 0.05) is 5.75 Å². The van der Waals surface area contributed by atoms with Gasteiger partial charge in [-0.1, -0.05) is 36.9 Å². The second kappa shape index (κ2) is 5.16. The first-order valence-electron chi connectivity index (χ1n) is 5.41. The van der Waals surface area contributed by atoms with Gasteiger partial charge >= 0.3 is 0 Å². The minimum Gasteiger partial charge on any atom is -0.276 e. The molecule has 84 valence electrons. The molecule has 16 heavy (non-hydrogen) atoms. The summed E-state index contributed by atoms with van der Waals surface area (Å²) >= 11 is 1.75. The summed E-state index contributed by atoms with van der Waals surface area (Å²) in [6.07, 6.45) is 2.92. The molecule has 0 aliphatic rings. The number of hydrogen-bond donors (Lipinski definition) is 0. The number of thioether (sulfide) groups is 1. The van der Waals surface area contributed by atoms with Gasteiger partial charge in [0.2, 0.25) is 0 Å². The molecule has 0 radical (unpaired) electrons. The summed E-state index contributed by atoms with van der Waals surface area (Å²) in [5, 5.41) is 9.10. The summed E-state index contributed by atoms with van der Waals surface area (Å²) < 4.78 is 2.05. The Labute approximate surface area is 99.9 Å². The van der Waals surface area contributed by atoms with Gasteiger partial charge in [-0.2, -0.15) is 0 Å². The molecule has 1 aromatic heterocycles. The fourth-order valence-electron chi connectivity index (χ4n) is 1.52. The van der Waals surface area contributed by atoms with Gasteiger partial charge in [0.1, 0.15) is 6.33 Å². The highest BCUT2D eigenvalue weighted by molar-refractivity contribution is 7.99. The molecule has 0 unspecified atom stereocenters. The third kappa shape index (κ3) is 2.27. The summed E-state index contributed by atoms with van der Waals surface area (Å²) in [7, 11) is 0. The smallest absolute Gasteiger partial charge is 0.195 e. The Morgan fingerprint density at radius 3 is 2.88 bits per heavy atom. The SMILES string of the molecule is CCCSc1nncn1-c1ccccc1C. The predicted molar refractivity (Wildman–Crippen MR) is 67.1 cm³/mol. The van der Waals surface area contributed by atoms with Crippen molar-refractivity contribution >= 4 is 11.8 Å². The highest BCUT2D eigenvalue weighted by Gasteiger charge is 2.07. The maximum absolute atomic E-state index is 4.15. The lowest BCUT2D eigenvalue weighted by atomic mass is 10.2. The second-order valence-electron chi connectivity index (χ2n) is 3.62. The van der Waals surface area contributed by atoms with Crippen molar-refractivity contribution in [3.05, 3.63) is 36.2 Å². The van der Waals surface area contributed by atoms with Crippen molar-refractivity contribution in [2.75, 3.05) is 5.75 Å². The lowest BCUT2D eigenvalue weighted by Crippen LogP contribution is -1.97. The fourth-order valence-corrected chi connectivity index (χ4v) is 2.29. The molecule has 0 atom stereocenters. The summed E-state index contributed by atoms with van der Waals surface area (Å²) in [6.45, 7) is 4.27. The van der Waals surface area contributed by atoms with Crippen LogP contribution in [0.5, 0.6) is 0 Å². The first-order chi connectivity index (χ1) is 7.83. The van der Waals surface area contributed by atoms with Crippen molar-refractivity contribution in [3.63, 3.8) is 0 Å². The molecule has 0 spiro atoms. The number of para-hydroxylation sites is 1. The van der Waals surface area contributed by atoms with Gasteiger partial charge in [-0.3, -0.25) is 4.57 Å². The van der Waals surface area contributed by atoms with E-state index < -0.39 is 0 Å². The molecule has 0 fully saturated rings. The Bertz CT molecular complexity index is 465. The molecule has 3 nitrogen and oxygen atoms in total. The van der Waals surface area contributed by atoms with E-state index in [9.17, 15) is 0 Å². The van der Waals surface area contributed by atoms with Crippen LogP contribution in [0.25, 0.3) is 5.69 Å². The third-order valence-electron chi connectivity index (χ3n) is 2.33. The summed E-state index contributed by atoms with van der Waals surface area (Å²) in [6, 6.07) is 8.27. The molecule has 1 heterocycles. The molecule has 0 bridgehead atoms. The number of benzene rings is 1. The van der Waals surface area contributed by atoms with Crippen LogP contribution in [-0.4, -0.2) is 20.5 Å². The van der Waals surface area contributed by atoms with Gasteiger partial charge in [0.05, 0.1) is 5.69 Å². The molecular weight excluding hydrogens is 218 g/mol. The van der Waals surface area contributed by atoms with E-state index in [4.69, 9.17) is 0 Å². The topological polar surface area (TPSA) is 30.7 Å². The molecule has 0 saturated heterocycles.